The molecular weight excluding hydrogens is 304 g/mol. The van der Waals surface area contributed by atoms with Gasteiger partial charge in [-0.25, -0.2) is 0 Å². The average molecular weight is 321 g/mol. The zero-order valence-corrected chi connectivity index (χ0v) is 12.5. The third-order valence-electron chi connectivity index (χ3n) is 3.76. The average Bonchev–Trinajstić information content (AvgIpc) is 2.94. The Morgan fingerprint density at radius 3 is 2.68 bits per heavy atom. The monoisotopic (exact) mass is 320 g/mol. The Labute approximate surface area is 121 Å². The van der Waals surface area contributed by atoms with E-state index in [1.165, 1.54) is 24.9 Å². The van der Waals surface area contributed by atoms with Gasteiger partial charge in [0.05, 0.1) is 5.69 Å². The zero-order valence-electron chi connectivity index (χ0n) is 11.0. The normalized spacial score (nSPS) is 19.7. The van der Waals surface area contributed by atoms with Crippen molar-refractivity contribution >= 4 is 21.6 Å². The number of rotatable bonds is 2. The van der Waals surface area contributed by atoms with Gasteiger partial charge in [-0.3, -0.25) is 4.57 Å². The van der Waals surface area contributed by atoms with E-state index in [4.69, 9.17) is 0 Å². The number of hydrogen-bond donors (Lipinski definition) is 0. The molecule has 1 fully saturated rings. The van der Waals surface area contributed by atoms with Crippen LogP contribution in [-0.2, 0) is 0 Å². The maximum atomic E-state index is 3.84. The summed E-state index contributed by atoms with van der Waals surface area (Å²) < 4.78 is 3.04. The molecule has 1 aromatic heterocycles. The molecule has 1 aliphatic rings. The molecule has 4 nitrogen and oxygen atoms in total. The van der Waals surface area contributed by atoms with Crippen LogP contribution in [0.1, 0.15) is 26.2 Å². The molecule has 2 aromatic rings. The van der Waals surface area contributed by atoms with E-state index in [2.05, 4.69) is 56.2 Å². The predicted molar refractivity (Wildman–Crippen MR) is 79.7 cm³/mol. The topological polar surface area (TPSA) is 34.0 Å². The third kappa shape index (κ3) is 2.52. The molecule has 1 aliphatic heterocycles. The Bertz CT molecular complexity index is 553. The fourth-order valence-corrected chi connectivity index (χ4v) is 3.27. The summed E-state index contributed by atoms with van der Waals surface area (Å²) in [6.07, 6.45) is 7.33. The molecule has 5 heteroatoms. The lowest BCUT2D eigenvalue weighted by molar-refractivity contribution is 0.484. The smallest absolute Gasteiger partial charge is 0.123 e. The summed E-state index contributed by atoms with van der Waals surface area (Å²) in [6, 6.07) is 7.04. The van der Waals surface area contributed by atoms with Crippen LogP contribution in [-0.4, -0.2) is 27.4 Å². The molecule has 0 unspecified atom stereocenters. The number of aromatic nitrogens is 3. The van der Waals surface area contributed by atoms with Crippen LogP contribution in [0.15, 0.2) is 35.3 Å². The minimum atomic E-state index is 0.616. The molecule has 0 bridgehead atoms. The van der Waals surface area contributed by atoms with E-state index in [0.717, 1.165) is 16.7 Å². The summed E-state index contributed by atoms with van der Waals surface area (Å²) in [5.74, 6) is 0. The lowest BCUT2D eigenvalue weighted by Gasteiger charge is -2.36. The van der Waals surface area contributed by atoms with E-state index < -0.39 is 0 Å². The van der Waals surface area contributed by atoms with Crippen molar-refractivity contribution < 1.29 is 0 Å². The van der Waals surface area contributed by atoms with Crippen molar-refractivity contribution in [3.63, 3.8) is 0 Å². The standard InChI is InChI=1S/C14H17BrN4/c1-11-4-2-3-7-19(11)14-6-5-12(8-13(14)15)18-9-16-17-10-18/h5-6,8-11H,2-4,7H2,1H3/t11-/m1/s1. The van der Waals surface area contributed by atoms with Crippen molar-refractivity contribution in [2.75, 3.05) is 11.4 Å². The molecule has 1 aromatic carbocycles. The first kappa shape index (κ1) is 12.7. The van der Waals surface area contributed by atoms with Gasteiger partial charge < -0.3 is 4.90 Å². The molecule has 0 spiro atoms. The Morgan fingerprint density at radius 1 is 1.21 bits per heavy atom. The molecule has 0 saturated carbocycles. The minimum Gasteiger partial charge on any atom is -0.368 e. The number of hydrogen-bond acceptors (Lipinski definition) is 3. The van der Waals surface area contributed by atoms with Crippen LogP contribution in [0, 0.1) is 0 Å². The molecule has 100 valence electrons. The number of benzene rings is 1. The molecule has 1 saturated heterocycles. The lowest BCUT2D eigenvalue weighted by atomic mass is 10.0. The van der Waals surface area contributed by atoms with Crippen molar-refractivity contribution in [2.45, 2.75) is 32.2 Å². The SMILES string of the molecule is C[C@@H]1CCCCN1c1ccc(-n2cnnc2)cc1Br. The highest BCUT2D eigenvalue weighted by Crippen LogP contribution is 2.32. The first-order chi connectivity index (χ1) is 9.25. The van der Waals surface area contributed by atoms with Crippen LogP contribution in [0.2, 0.25) is 0 Å². The summed E-state index contributed by atoms with van der Waals surface area (Å²) in [6.45, 7) is 3.45. The second-order valence-electron chi connectivity index (χ2n) is 5.04. The highest BCUT2D eigenvalue weighted by molar-refractivity contribution is 9.10. The molecular formula is C14H17BrN4. The number of anilines is 1. The Morgan fingerprint density at radius 2 is 2.00 bits per heavy atom. The molecule has 1 atom stereocenters. The highest BCUT2D eigenvalue weighted by atomic mass is 79.9. The number of nitrogens with zero attached hydrogens (tertiary/aromatic N) is 4. The van der Waals surface area contributed by atoms with Crippen LogP contribution in [0.3, 0.4) is 0 Å². The lowest BCUT2D eigenvalue weighted by Crippen LogP contribution is -2.37. The summed E-state index contributed by atoms with van der Waals surface area (Å²) in [5.41, 5.74) is 2.36. The molecule has 0 aliphatic carbocycles. The van der Waals surface area contributed by atoms with E-state index >= 15 is 0 Å². The minimum absolute atomic E-state index is 0.616. The molecule has 19 heavy (non-hydrogen) atoms. The van der Waals surface area contributed by atoms with Gasteiger partial charge in [0.1, 0.15) is 12.7 Å². The second kappa shape index (κ2) is 5.33. The van der Waals surface area contributed by atoms with Gasteiger partial charge in [-0.1, -0.05) is 0 Å². The quantitative estimate of drug-likeness (QED) is 0.850. The summed E-state index contributed by atoms with van der Waals surface area (Å²) >= 11 is 3.70. The van der Waals surface area contributed by atoms with Gasteiger partial charge in [-0.2, -0.15) is 0 Å². The largest absolute Gasteiger partial charge is 0.368 e. The van der Waals surface area contributed by atoms with Crippen LogP contribution < -0.4 is 4.90 Å². The first-order valence-electron chi connectivity index (χ1n) is 6.67. The van der Waals surface area contributed by atoms with Gasteiger partial charge in [-0.05, 0) is 60.3 Å². The fraction of sp³-hybridized carbons (Fsp3) is 0.429. The van der Waals surface area contributed by atoms with Crippen LogP contribution in [0.25, 0.3) is 5.69 Å². The van der Waals surface area contributed by atoms with Gasteiger partial charge in [0.15, 0.2) is 0 Å². The molecule has 2 heterocycles. The Hall–Kier alpha value is -1.36. The van der Waals surface area contributed by atoms with Crippen molar-refractivity contribution in [2.24, 2.45) is 0 Å². The number of halogens is 1. The first-order valence-corrected chi connectivity index (χ1v) is 7.46. The zero-order chi connectivity index (χ0) is 13.2. The van der Waals surface area contributed by atoms with Crippen LogP contribution >= 0.6 is 15.9 Å². The Kier molecular flexibility index (Phi) is 3.55. The Balaban J connectivity index is 1.91. The van der Waals surface area contributed by atoms with Gasteiger partial charge in [0.2, 0.25) is 0 Å². The van der Waals surface area contributed by atoms with Crippen LogP contribution in [0.5, 0.6) is 0 Å². The summed E-state index contributed by atoms with van der Waals surface area (Å²) in [4.78, 5) is 2.49. The van der Waals surface area contributed by atoms with E-state index in [1.54, 1.807) is 12.7 Å². The van der Waals surface area contributed by atoms with E-state index in [9.17, 15) is 0 Å². The maximum absolute atomic E-state index is 3.84. The summed E-state index contributed by atoms with van der Waals surface area (Å²) in [5, 5.41) is 7.68. The van der Waals surface area contributed by atoms with Crippen molar-refractivity contribution in [3.8, 4) is 5.69 Å². The second-order valence-corrected chi connectivity index (χ2v) is 5.90. The van der Waals surface area contributed by atoms with Gasteiger partial charge in [-0.15, -0.1) is 10.2 Å². The molecule has 0 N–H and O–H groups in total. The molecule has 3 rings (SSSR count). The van der Waals surface area contributed by atoms with Crippen molar-refractivity contribution in [1.82, 2.24) is 14.8 Å². The predicted octanol–water partition coefficient (Wildman–Crippen LogP) is 3.41. The maximum Gasteiger partial charge on any atom is 0.123 e. The summed E-state index contributed by atoms with van der Waals surface area (Å²) in [7, 11) is 0. The third-order valence-corrected chi connectivity index (χ3v) is 4.40. The van der Waals surface area contributed by atoms with Crippen molar-refractivity contribution in [1.29, 1.82) is 0 Å². The van der Waals surface area contributed by atoms with E-state index in [1.807, 2.05) is 4.57 Å². The number of piperidine rings is 1. The van der Waals surface area contributed by atoms with E-state index in [0.29, 0.717) is 6.04 Å². The van der Waals surface area contributed by atoms with Gasteiger partial charge in [0, 0.05) is 22.7 Å². The molecule has 0 radical (unpaired) electrons. The van der Waals surface area contributed by atoms with Gasteiger partial charge in [0.25, 0.3) is 0 Å². The van der Waals surface area contributed by atoms with Gasteiger partial charge >= 0.3 is 0 Å². The van der Waals surface area contributed by atoms with Crippen LogP contribution in [0.4, 0.5) is 5.69 Å². The molecule has 0 amide bonds. The van der Waals surface area contributed by atoms with E-state index in [-0.39, 0.29) is 0 Å². The van der Waals surface area contributed by atoms with Crippen molar-refractivity contribution in [3.05, 3.63) is 35.3 Å². The highest BCUT2D eigenvalue weighted by Gasteiger charge is 2.20. The fourth-order valence-electron chi connectivity index (χ4n) is 2.68.